The fourth-order valence-corrected chi connectivity index (χ4v) is 8.07. The zero-order valence-corrected chi connectivity index (χ0v) is 23.7. The predicted molar refractivity (Wildman–Crippen MR) is 153 cm³/mol. The summed E-state index contributed by atoms with van der Waals surface area (Å²) in [5, 5.41) is 0. The Balaban J connectivity index is 1.23. The first-order valence-electron chi connectivity index (χ1n) is 14.7. The van der Waals surface area contributed by atoms with Gasteiger partial charge in [0.2, 0.25) is 0 Å². The Morgan fingerprint density at radius 1 is 0.806 bits per heavy atom. The van der Waals surface area contributed by atoms with Crippen LogP contribution >= 0.6 is 0 Å². The monoisotopic (exact) mass is 487 g/mol. The summed E-state index contributed by atoms with van der Waals surface area (Å²) in [7, 11) is 2.32. The SMILES string of the molecule is CN1c2ccccc2C2C1c1ccccc1C2C(C)(C)C1CCC(CCCCCCOC(C)(C)C)C1. The number of nitrogens with zero attached hydrogens (tertiary/aromatic N) is 1. The molecule has 0 radical (unpaired) electrons. The molecule has 196 valence electrons. The van der Waals surface area contributed by atoms with Crippen LogP contribution < -0.4 is 4.90 Å². The minimum atomic E-state index is 0.00149. The second kappa shape index (κ2) is 10.2. The summed E-state index contributed by atoms with van der Waals surface area (Å²) in [5.41, 5.74) is 6.52. The lowest BCUT2D eigenvalue weighted by Gasteiger charge is -2.41. The van der Waals surface area contributed by atoms with Gasteiger partial charge in [-0.1, -0.05) is 88.4 Å². The predicted octanol–water partition coefficient (Wildman–Crippen LogP) is 9.27. The van der Waals surface area contributed by atoms with Crippen molar-refractivity contribution in [2.24, 2.45) is 17.3 Å². The number of likely N-dealkylation sites (N-methyl/N-ethyl adjacent to an activating group) is 1. The molecule has 0 amide bonds. The third kappa shape index (κ3) is 4.87. The Kier molecular flexibility index (Phi) is 7.29. The summed E-state index contributed by atoms with van der Waals surface area (Å²) in [6, 6.07) is 19.1. The maximum Gasteiger partial charge on any atom is 0.0617 e. The summed E-state index contributed by atoms with van der Waals surface area (Å²) in [5.74, 6) is 2.91. The van der Waals surface area contributed by atoms with E-state index in [-0.39, 0.29) is 5.60 Å². The van der Waals surface area contributed by atoms with Gasteiger partial charge >= 0.3 is 0 Å². The quantitative estimate of drug-likeness (QED) is 0.327. The van der Waals surface area contributed by atoms with Crippen LogP contribution in [0.3, 0.4) is 0 Å². The third-order valence-electron chi connectivity index (χ3n) is 9.88. The number of hydrogen-bond acceptors (Lipinski definition) is 2. The molecule has 2 heteroatoms. The van der Waals surface area contributed by atoms with Crippen molar-refractivity contribution >= 4 is 5.69 Å². The van der Waals surface area contributed by atoms with Crippen LogP contribution in [0, 0.1) is 17.3 Å². The summed E-state index contributed by atoms with van der Waals surface area (Å²) >= 11 is 0. The Bertz CT molecular complexity index is 1030. The van der Waals surface area contributed by atoms with Crippen LogP contribution in [-0.4, -0.2) is 19.3 Å². The average Bonchev–Trinajstić information content (AvgIpc) is 3.52. The average molecular weight is 488 g/mol. The van der Waals surface area contributed by atoms with Crippen LogP contribution in [0.25, 0.3) is 0 Å². The molecule has 5 unspecified atom stereocenters. The zero-order valence-electron chi connectivity index (χ0n) is 23.7. The largest absolute Gasteiger partial charge is 0.376 e. The molecule has 2 aliphatic carbocycles. The van der Waals surface area contributed by atoms with Gasteiger partial charge in [-0.25, -0.2) is 0 Å². The molecular weight excluding hydrogens is 438 g/mol. The summed E-state index contributed by atoms with van der Waals surface area (Å²) < 4.78 is 5.89. The van der Waals surface area contributed by atoms with Crippen molar-refractivity contribution in [1.82, 2.24) is 0 Å². The summed E-state index contributed by atoms with van der Waals surface area (Å²) in [6.07, 6.45) is 11.0. The molecule has 0 bridgehead atoms. The third-order valence-corrected chi connectivity index (χ3v) is 9.88. The molecule has 2 aromatic rings. The molecule has 1 fully saturated rings. The molecule has 0 N–H and O–H groups in total. The Morgan fingerprint density at radius 3 is 2.22 bits per heavy atom. The highest BCUT2D eigenvalue weighted by atomic mass is 16.5. The number of unbranched alkanes of at least 4 members (excludes halogenated alkanes) is 3. The van der Waals surface area contributed by atoms with Gasteiger partial charge in [-0.05, 0) is 86.0 Å². The molecule has 36 heavy (non-hydrogen) atoms. The normalized spacial score (nSPS) is 27.3. The van der Waals surface area contributed by atoms with Gasteiger partial charge in [-0.15, -0.1) is 0 Å². The van der Waals surface area contributed by atoms with Crippen molar-refractivity contribution in [3.8, 4) is 0 Å². The lowest BCUT2D eigenvalue weighted by molar-refractivity contribution is -0.00476. The fraction of sp³-hybridized carbons (Fsp3) is 0.647. The smallest absolute Gasteiger partial charge is 0.0617 e. The van der Waals surface area contributed by atoms with Crippen molar-refractivity contribution in [2.75, 3.05) is 18.6 Å². The van der Waals surface area contributed by atoms with Gasteiger partial charge in [-0.2, -0.15) is 0 Å². The minimum absolute atomic E-state index is 0.00149. The van der Waals surface area contributed by atoms with E-state index in [0.717, 1.165) is 18.4 Å². The van der Waals surface area contributed by atoms with Crippen LogP contribution in [0.5, 0.6) is 0 Å². The number of anilines is 1. The molecular formula is C34H49NO. The zero-order chi connectivity index (χ0) is 25.5. The molecule has 0 aromatic heterocycles. The maximum absolute atomic E-state index is 5.89. The first-order chi connectivity index (χ1) is 17.2. The maximum atomic E-state index is 5.89. The minimum Gasteiger partial charge on any atom is -0.376 e. The van der Waals surface area contributed by atoms with E-state index in [9.17, 15) is 0 Å². The van der Waals surface area contributed by atoms with Crippen LogP contribution in [-0.2, 0) is 4.74 Å². The van der Waals surface area contributed by atoms with Crippen LogP contribution in [0.15, 0.2) is 48.5 Å². The van der Waals surface area contributed by atoms with Crippen molar-refractivity contribution in [3.63, 3.8) is 0 Å². The van der Waals surface area contributed by atoms with E-state index in [1.54, 1.807) is 16.7 Å². The van der Waals surface area contributed by atoms with Gasteiger partial charge in [0.1, 0.15) is 0 Å². The summed E-state index contributed by atoms with van der Waals surface area (Å²) in [6.45, 7) is 12.6. The molecule has 5 rings (SSSR count). The van der Waals surface area contributed by atoms with Gasteiger partial charge in [0.25, 0.3) is 0 Å². The van der Waals surface area contributed by atoms with Crippen molar-refractivity contribution in [1.29, 1.82) is 0 Å². The first-order valence-corrected chi connectivity index (χ1v) is 14.7. The summed E-state index contributed by atoms with van der Waals surface area (Å²) in [4.78, 5) is 2.57. The number of hydrogen-bond donors (Lipinski definition) is 0. The molecule has 1 saturated carbocycles. The number of benzene rings is 2. The van der Waals surface area contributed by atoms with Crippen LogP contribution in [0.1, 0.15) is 121 Å². The number of para-hydroxylation sites is 1. The fourth-order valence-electron chi connectivity index (χ4n) is 8.07. The lowest BCUT2D eigenvalue weighted by atomic mass is 9.62. The van der Waals surface area contributed by atoms with E-state index in [2.05, 4.69) is 95.1 Å². The van der Waals surface area contributed by atoms with Gasteiger partial charge in [0, 0.05) is 25.3 Å². The van der Waals surface area contributed by atoms with Gasteiger partial charge in [-0.3, -0.25) is 0 Å². The first kappa shape index (κ1) is 25.8. The van der Waals surface area contributed by atoms with E-state index < -0.39 is 0 Å². The van der Waals surface area contributed by atoms with E-state index in [1.165, 1.54) is 57.1 Å². The van der Waals surface area contributed by atoms with Gasteiger partial charge in [0.05, 0.1) is 11.6 Å². The topological polar surface area (TPSA) is 12.5 Å². The van der Waals surface area contributed by atoms with Crippen LogP contribution in [0.2, 0.25) is 0 Å². The van der Waals surface area contributed by atoms with Crippen molar-refractivity contribution < 1.29 is 4.74 Å². The molecule has 0 spiro atoms. The highest BCUT2D eigenvalue weighted by Crippen LogP contribution is 2.67. The van der Waals surface area contributed by atoms with E-state index in [0.29, 0.717) is 23.3 Å². The Labute approximate surface area is 220 Å². The van der Waals surface area contributed by atoms with E-state index >= 15 is 0 Å². The second-order valence-corrected chi connectivity index (χ2v) is 13.6. The molecule has 1 aliphatic heterocycles. The van der Waals surface area contributed by atoms with Gasteiger partial charge < -0.3 is 9.64 Å². The second-order valence-electron chi connectivity index (χ2n) is 13.6. The lowest BCUT2D eigenvalue weighted by Crippen LogP contribution is -2.32. The number of rotatable bonds is 9. The molecule has 2 aromatic carbocycles. The molecule has 5 atom stereocenters. The van der Waals surface area contributed by atoms with E-state index in [4.69, 9.17) is 4.74 Å². The Hall–Kier alpha value is -1.80. The molecule has 0 saturated heterocycles. The standard InChI is InChI=1S/C34H49NO/c1-33(2,3)36-22-14-8-7-9-15-24-20-21-25(23-24)34(4,5)31-26-16-10-11-17-27(26)32-30(31)28-18-12-13-19-29(28)35(32)6/h10-13,16-19,24-25,30-32H,7-9,14-15,20-23H2,1-6H3. The van der Waals surface area contributed by atoms with Gasteiger partial charge in [0.15, 0.2) is 0 Å². The van der Waals surface area contributed by atoms with Crippen molar-refractivity contribution in [3.05, 3.63) is 65.2 Å². The molecule has 2 nitrogen and oxygen atoms in total. The van der Waals surface area contributed by atoms with Crippen LogP contribution in [0.4, 0.5) is 5.69 Å². The number of ether oxygens (including phenoxy) is 1. The highest BCUT2D eigenvalue weighted by Gasteiger charge is 2.55. The molecule has 3 aliphatic rings. The molecule has 1 heterocycles. The van der Waals surface area contributed by atoms with E-state index in [1.807, 2.05) is 0 Å². The highest BCUT2D eigenvalue weighted by molar-refractivity contribution is 5.67. The Morgan fingerprint density at radius 2 is 1.47 bits per heavy atom. The number of fused-ring (bicyclic) bond motifs is 5. The van der Waals surface area contributed by atoms with Crippen molar-refractivity contribution in [2.45, 2.75) is 109 Å².